The number of anilines is 1. The van der Waals surface area contributed by atoms with E-state index in [-0.39, 0.29) is 6.04 Å². The van der Waals surface area contributed by atoms with Gasteiger partial charge in [-0.1, -0.05) is 18.2 Å². The zero-order chi connectivity index (χ0) is 17.1. The van der Waals surface area contributed by atoms with Gasteiger partial charge in [0.2, 0.25) is 0 Å². The van der Waals surface area contributed by atoms with Crippen LogP contribution in [-0.4, -0.2) is 23.1 Å². The number of rotatable bonds is 4. The van der Waals surface area contributed by atoms with Gasteiger partial charge in [-0.2, -0.15) is 0 Å². The second-order valence-electron chi connectivity index (χ2n) is 5.26. The van der Waals surface area contributed by atoms with Gasteiger partial charge in [0.05, 0.1) is 18.8 Å². The lowest BCUT2D eigenvalue weighted by molar-refractivity contribution is 0.251. The van der Waals surface area contributed by atoms with Gasteiger partial charge in [0, 0.05) is 18.0 Å². The Morgan fingerprint density at radius 3 is 2.54 bits per heavy atom. The molecule has 0 saturated carbocycles. The Labute approximate surface area is 139 Å². The second-order valence-corrected chi connectivity index (χ2v) is 5.26. The molecule has 1 unspecified atom stereocenters. The molecule has 1 aliphatic rings. The molecule has 1 atom stereocenters. The van der Waals surface area contributed by atoms with Crippen molar-refractivity contribution in [2.45, 2.75) is 13.0 Å². The molecule has 0 fully saturated rings. The molecule has 8 heteroatoms. The monoisotopic (exact) mass is 326 g/mol. The number of nitrogens with zero attached hydrogens (tertiary/aromatic N) is 3. The number of carbonyl (C=O) groups is 1. The lowest BCUT2D eigenvalue weighted by Crippen LogP contribution is -2.41. The third-order valence-corrected chi connectivity index (χ3v) is 3.71. The lowest BCUT2D eigenvalue weighted by atomic mass is 10.1. The Bertz CT molecular complexity index is 760. The Morgan fingerprint density at radius 2 is 1.96 bits per heavy atom. The van der Waals surface area contributed by atoms with Gasteiger partial charge in [-0.15, -0.1) is 0 Å². The molecule has 2 heterocycles. The molecule has 1 aliphatic heterocycles. The number of methoxy groups -OCH3 is 1. The van der Waals surface area contributed by atoms with E-state index in [9.17, 15) is 4.79 Å². The first-order chi connectivity index (χ1) is 11.6. The number of carbonyl (C=O) groups excluding carboxylic acids is 1. The minimum absolute atomic E-state index is 0.196. The zero-order valence-corrected chi connectivity index (χ0v) is 13.4. The van der Waals surface area contributed by atoms with Gasteiger partial charge in [0.25, 0.3) is 0 Å². The predicted octanol–water partition coefficient (Wildman–Crippen LogP) is 1.45. The van der Waals surface area contributed by atoms with Crippen molar-refractivity contribution in [1.29, 1.82) is 0 Å². The number of urea groups is 1. The van der Waals surface area contributed by atoms with Crippen LogP contribution in [0.3, 0.4) is 0 Å². The van der Waals surface area contributed by atoms with E-state index in [1.807, 2.05) is 37.3 Å². The highest BCUT2D eigenvalue weighted by Gasteiger charge is 2.31. The van der Waals surface area contributed by atoms with Crippen molar-refractivity contribution in [2.75, 3.05) is 12.1 Å². The van der Waals surface area contributed by atoms with Crippen LogP contribution in [0.25, 0.3) is 0 Å². The molecular weight excluding hydrogens is 308 g/mol. The average Bonchev–Trinajstić information content (AvgIpc) is 2.92. The first-order valence-corrected chi connectivity index (χ1v) is 7.34. The van der Waals surface area contributed by atoms with Crippen LogP contribution in [0, 0.1) is 0 Å². The van der Waals surface area contributed by atoms with Gasteiger partial charge in [0.1, 0.15) is 5.82 Å². The number of hydrogen-bond donors (Lipinski definition) is 3. The van der Waals surface area contributed by atoms with Crippen molar-refractivity contribution in [3.8, 4) is 6.01 Å². The predicted molar refractivity (Wildman–Crippen MR) is 88.8 cm³/mol. The minimum Gasteiger partial charge on any atom is -0.467 e. The van der Waals surface area contributed by atoms with Crippen LogP contribution in [0.1, 0.15) is 18.5 Å². The maximum Gasteiger partial charge on any atom is 0.317 e. The number of aromatic nitrogens is 2. The minimum atomic E-state index is -0.626. The fourth-order valence-corrected chi connectivity index (χ4v) is 2.56. The molecule has 24 heavy (non-hydrogen) atoms. The van der Waals surface area contributed by atoms with Gasteiger partial charge in [-0.3, -0.25) is 10.3 Å². The molecule has 0 spiro atoms. The van der Waals surface area contributed by atoms with E-state index >= 15 is 0 Å². The van der Waals surface area contributed by atoms with Crippen molar-refractivity contribution in [3.63, 3.8) is 0 Å². The number of ether oxygens (including phenoxy) is 1. The van der Waals surface area contributed by atoms with Crippen LogP contribution in [0.4, 0.5) is 10.5 Å². The first-order valence-electron chi connectivity index (χ1n) is 7.34. The van der Waals surface area contributed by atoms with E-state index in [2.05, 4.69) is 20.7 Å². The van der Waals surface area contributed by atoms with Crippen molar-refractivity contribution in [2.24, 2.45) is 5.73 Å². The molecule has 124 valence electrons. The van der Waals surface area contributed by atoms with Crippen LogP contribution in [0.15, 0.2) is 54.1 Å². The van der Waals surface area contributed by atoms with Crippen LogP contribution in [0.5, 0.6) is 6.01 Å². The Kier molecular flexibility index (Phi) is 4.30. The number of hydrogen-bond acceptors (Lipinski definition) is 6. The molecule has 0 aliphatic carbocycles. The van der Waals surface area contributed by atoms with Gasteiger partial charge >= 0.3 is 12.0 Å². The maximum absolute atomic E-state index is 11.4. The highest BCUT2D eigenvalue weighted by atomic mass is 16.5. The molecule has 0 bridgehead atoms. The Hall–Kier alpha value is -3.13. The lowest BCUT2D eigenvalue weighted by Gasteiger charge is -2.23. The van der Waals surface area contributed by atoms with Crippen LogP contribution in [-0.2, 0) is 0 Å². The molecule has 0 radical (unpaired) electrons. The summed E-state index contributed by atoms with van der Waals surface area (Å²) in [5, 5.41) is 4.47. The van der Waals surface area contributed by atoms with Gasteiger partial charge in [0.15, 0.2) is 0 Å². The van der Waals surface area contributed by atoms with Gasteiger partial charge in [-0.05, 0) is 24.6 Å². The number of benzene rings is 1. The topological polar surface area (TPSA) is 105 Å². The number of nitrogens with two attached hydrogens (primary N) is 1. The van der Waals surface area contributed by atoms with Gasteiger partial charge < -0.3 is 10.5 Å². The summed E-state index contributed by atoms with van der Waals surface area (Å²) in [6.45, 7) is 1.91. The summed E-state index contributed by atoms with van der Waals surface area (Å²) < 4.78 is 4.98. The van der Waals surface area contributed by atoms with Crippen molar-refractivity contribution < 1.29 is 9.53 Å². The number of primary amides is 1. The third-order valence-electron chi connectivity index (χ3n) is 3.71. The summed E-state index contributed by atoms with van der Waals surface area (Å²) in [4.78, 5) is 19.7. The highest BCUT2D eigenvalue weighted by molar-refractivity contribution is 5.75. The zero-order valence-electron chi connectivity index (χ0n) is 13.4. The van der Waals surface area contributed by atoms with E-state index in [1.54, 1.807) is 17.4 Å². The molecule has 4 N–H and O–H groups in total. The molecule has 1 aromatic carbocycles. The fraction of sp³-hybridized carbons (Fsp3) is 0.188. The summed E-state index contributed by atoms with van der Waals surface area (Å²) in [7, 11) is 1.51. The largest absolute Gasteiger partial charge is 0.467 e. The first kappa shape index (κ1) is 15.8. The smallest absolute Gasteiger partial charge is 0.317 e. The molecule has 2 aromatic rings. The normalized spacial score (nSPS) is 17.1. The molecule has 1 aromatic heterocycles. The van der Waals surface area contributed by atoms with Crippen molar-refractivity contribution in [3.05, 3.63) is 59.7 Å². The summed E-state index contributed by atoms with van der Waals surface area (Å²) >= 11 is 0. The summed E-state index contributed by atoms with van der Waals surface area (Å²) in [6, 6.07) is 9.08. The van der Waals surface area contributed by atoms with Crippen molar-refractivity contribution in [1.82, 2.24) is 20.7 Å². The average molecular weight is 326 g/mol. The molecule has 0 saturated heterocycles. The maximum atomic E-state index is 11.4. The number of hydrazine groups is 1. The van der Waals surface area contributed by atoms with E-state index in [0.717, 1.165) is 16.8 Å². The molecular formula is C16H18N6O2. The van der Waals surface area contributed by atoms with E-state index in [1.165, 1.54) is 7.11 Å². The van der Waals surface area contributed by atoms with E-state index in [4.69, 9.17) is 10.5 Å². The molecule has 8 nitrogen and oxygen atoms in total. The highest BCUT2D eigenvalue weighted by Crippen LogP contribution is 2.33. The fourth-order valence-electron chi connectivity index (χ4n) is 2.56. The number of nitrogens with one attached hydrogen (secondary N) is 2. The van der Waals surface area contributed by atoms with Gasteiger partial charge in [-0.25, -0.2) is 20.2 Å². The summed E-state index contributed by atoms with van der Waals surface area (Å²) in [6.07, 6.45) is 3.37. The van der Waals surface area contributed by atoms with E-state index in [0.29, 0.717) is 11.8 Å². The van der Waals surface area contributed by atoms with Crippen molar-refractivity contribution >= 4 is 11.7 Å². The Balaban J connectivity index is 1.96. The van der Waals surface area contributed by atoms with Crippen LogP contribution in [0.2, 0.25) is 0 Å². The van der Waals surface area contributed by atoms with Crippen LogP contribution < -0.4 is 26.2 Å². The standard InChI is InChI=1S/C16H18N6O2/c1-10-13(11-8-18-16(24-2)19-9-11)21-22(14(10)20-15(17)23)12-6-4-3-5-7-12/h3-9,13,21H,1-2H3,(H3,17,20,23). The summed E-state index contributed by atoms with van der Waals surface area (Å²) in [5.74, 6) is 0.592. The quantitative estimate of drug-likeness (QED) is 0.785. The second kappa shape index (κ2) is 6.55. The Morgan fingerprint density at radius 1 is 1.29 bits per heavy atom. The van der Waals surface area contributed by atoms with E-state index < -0.39 is 6.03 Å². The summed E-state index contributed by atoms with van der Waals surface area (Å²) in [5.41, 5.74) is 11.3. The third kappa shape index (κ3) is 2.99. The number of para-hydroxylation sites is 1. The molecule has 3 rings (SSSR count). The number of amides is 2. The van der Waals surface area contributed by atoms with Crippen LogP contribution >= 0.6 is 0 Å². The SMILES string of the molecule is COc1ncc(C2NN(c3ccccc3)C(NC(N)=O)=C2C)cn1. The molecule has 2 amide bonds.